The highest BCUT2D eigenvalue weighted by molar-refractivity contribution is 6.41. The topological polar surface area (TPSA) is 8.88 Å². The first-order valence-corrected chi connectivity index (χ1v) is 10.4. The summed E-state index contributed by atoms with van der Waals surface area (Å²) in [5.41, 5.74) is 1.48. The number of quaternary nitrogens is 2. The molecular formula is C23H27ClN2+2. The van der Waals surface area contributed by atoms with Crippen molar-refractivity contribution in [1.29, 1.82) is 0 Å². The molecule has 0 amide bonds. The van der Waals surface area contributed by atoms with Crippen LogP contribution in [-0.4, -0.2) is 31.7 Å². The Morgan fingerprint density at radius 1 is 0.885 bits per heavy atom. The fourth-order valence-corrected chi connectivity index (χ4v) is 5.85. The lowest BCUT2D eigenvalue weighted by Crippen LogP contribution is -3.31. The molecule has 4 atom stereocenters. The first-order valence-electron chi connectivity index (χ1n) is 10.0. The highest BCUT2D eigenvalue weighted by Gasteiger charge is 2.43. The van der Waals surface area contributed by atoms with Gasteiger partial charge in [-0.1, -0.05) is 60.1 Å². The smallest absolute Gasteiger partial charge is 0.140 e. The maximum absolute atomic E-state index is 6.78. The van der Waals surface area contributed by atoms with Crippen LogP contribution in [0.2, 0.25) is 5.02 Å². The van der Waals surface area contributed by atoms with E-state index >= 15 is 0 Å². The van der Waals surface area contributed by atoms with Crippen LogP contribution in [-0.2, 0) is 6.54 Å². The predicted molar refractivity (Wildman–Crippen MR) is 109 cm³/mol. The minimum Gasteiger partial charge on any atom is -0.323 e. The number of hydrogen-bond donors (Lipinski definition) is 2. The molecule has 2 aliphatic heterocycles. The quantitative estimate of drug-likeness (QED) is 0.645. The van der Waals surface area contributed by atoms with Crippen LogP contribution < -0.4 is 9.80 Å². The maximum Gasteiger partial charge on any atom is 0.140 e. The first kappa shape index (κ1) is 16.6. The average molecular weight is 367 g/mol. The van der Waals surface area contributed by atoms with Crippen LogP contribution in [0.15, 0.2) is 48.5 Å². The van der Waals surface area contributed by atoms with Crippen LogP contribution in [0.4, 0.5) is 0 Å². The number of hydrogen-bond acceptors (Lipinski definition) is 0. The molecule has 2 saturated heterocycles. The molecule has 2 N–H and O–H groups in total. The van der Waals surface area contributed by atoms with Crippen LogP contribution in [0.25, 0.3) is 21.5 Å². The summed E-state index contributed by atoms with van der Waals surface area (Å²) in [6, 6.07) is 18.9. The van der Waals surface area contributed by atoms with E-state index in [-0.39, 0.29) is 0 Å². The Kier molecular flexibility index (Phi) is 4.16. The Bertz CT molecular complexity index is 910. The molecule has 0 spiro atoms. The van der Waals surface area contributed by atoms with Crippen LogP contribution in [0.3, 0.4) is 0 Å². The fourth-order valence-electron chi connectivity index (χ4n) is 5.52. The second-order valence-electron chi connectivity index (χ2n) is 8.16. The van der Waals surface area contributed by atoms with Gasteiger partial charge in [-0.05, 0) is 17.7 Å². The first-order chi connectivity index (χ1) is 12.7. The van der Waals surface area contributed by atoms with Gasteiger partial charge in [-0.3, -0.25) is 0 Å². The Labute approximate surface area is 160 Å². The van der Waals surface area contributed by atoms with Gasteiger partial charge in [0.1, 0.15) is 31.7 Å². The van der Waals surface area contributed by atoms with Gasteiger partial charge >= 0.3 is 0 Å². The van der Waals surface area contributed by atoms with Crippen molar-refractivity contribution in [2.24, 2.45) is 0 Å². The summed E-state index contributed by atoms with van der Waals surface area (Å²) in [5, 5.41) is 5.95. The van der Waals surface area contributed by atoms with Gasteiger partial charge in [0, 0.05) is 29.2 Å². The third-order valence-corrected chi connectivity index (χ3v) is 7.34. The SMILES string of the molecule is C[C@@H]1[C@@H]2CCC[NH+]2CC[NH+]1Cc1c2ccccc2c(Cl)c2ccccc12. The van der Waals surface area contributed by atoms with Crippen molar-refractivity contribution >= 4 is 33.1 Å². The van der Waals surface area contributed by atoms with E-state index in [1.54, 1.807) is 4.90 Å². The molecule has 134 valence electrons. The van der Waals surface area contributed by atoms with Crippen LogP contribution in [0, 0.1) is 0 Å². The van der Waals surface area contributed by atoms with Crippen LogP contribution >= 0.6 is 11.6 Å². The van der Waals surface area contributed by atoms with Gasteiger partial charge in [0.15, 0.2) is 0 Å². The summed E-state index contributed by atoms with van der Waals surface area (Å²) in [7, 11) is 0. The van der Waals surface area contributed by atoms with Crippen LogP contribution in [0.5, 0.6) is 0 Å². The van der Waals surface area contributed by atoms with Gasteiger partial charge in [-0.25, -0.2) is 0 Å². The summed E-state index contributed by atoms with van der Waals surface area (Å²) in [6.45, 7) is 7.56. The van der Waals surface area contributed by atoms with E-state index in [0.717, 1.165) is 23.7 Å². The van der Waals surface area contributed by atoms with E-state index < -0.39 is 0 Å². The molecule has 0 aliphatic carbocycles. The summed E-state index contributed by atoms with van der Waals surface area (Å²) < 4.78 is 0. The molecule has 3 aromatic carbocycles. The molecule has 3 heteroatoms. The van der Waals surface area contributed by atoms with Crippen molar-refractivity contribution in [3.8, 4) is 0 Å². The van der Waals surface area contributed by atoms with E-state index in [2.05, 4.69) is 55.5 Å². The fraction of sp³-hybridized carbons (Fsp3) is 0.391. The zero-order valence-electron chi connectivity index (χ0n) is 15.4. The summed E-state index contributed by atoms with van der Waals surface area (Å²) in [4.78, 5) is 3.60. The van der Waals surface area contributed by atoms with Gasteiger partial charge in [0.25, 0.3) is 0 Å². The Morgan fingerprint density at radius 2 is 1.50 bits per heavy atom. The van der Waals surface area contributed by atoms with Crippen molar-refractivity contribution in [1.82, 2.24) is 0 Å². The summed E-state index contributed by atoms with van der Waals surface area (Å²) in [6.07, 6.45) is 2.81. The highest BCUT2D eigenvalue weighted by atomic mass is 35.5. The van der Waals surface area contributed by atoms with Crippen molar-refractivity contribution in [2.75, 3.05) is 19.6 Å². The van der Waals surface area contributed by atoms with E-state index in [4.69, 9.17) is 11.6 Å². The number of fused-ring (bicyclic) bond motifs is 3. The lowest BCUT2D eigenvalue weighted by atomic mass is 9.94. The zero-order valence-corrected chi connectivity index (χ0v) is 16.2. The number of rotatable bonds is 2. The lowest BCUT2D eigenvalue weighted by molar-refractivity contribution is -1.04. The highest BCUT2D eigenvalue weighted by Crippen LogP contribution is 2.35. The third kappa shape index (κ3) is 2.55. The molecule has 0 aromatic heterocycles. The molecule has 2 fully saturated rings. The van der Waals surface area contributed by atoms with E-state index in [0.29, 0.717) is 0 Å². The lowest BCUT2D eigenvalue weighted by Gasteiger charge is -2.38. The minimum atomic E-state index is 0.731. The molecule has 3 aromatic rings. The Balaban J connectivity index is 1.62. The number of nitrogens with one attached hydrogen (secondary N) is 2. The normalized spacial score (nSPS) is 28.5. The van der Waals surface area contributed by atoms with E-state index in [9.17, 15) is 0 Å². The molecule has 5 rings (SSSR count). The zero-order chi connectivity index (χ0) is 17.7. The number of piperazine rings is 1. The second-order valence-corrected chi connectivity index (χ2v) is 8.54. The van der Waals surface area contributed by atoms with Gasteiger partial charge in [0.05, 0.1) is 11.6 Å². The van der Waals surface area contributed by atoms with Crippen molar-refractivity contribution < 1.29 is 9.80 Å². The molecule has 0 radical (unpaired) electrons. The summed E-state index contributed by atoms with van der Waals surface area (Å²) >= 11 is 6.78. The van der Waals surface area contributed by atoms with Crippen LogP contribution in [0.1, 0.15) is 25.3 Å². The minimum absolute atomic E-state index is 0.731. The van der Waals surface area contributed by atoms with Crippen molar-refractivity contribution in [3.63, 3.8) is 0 Å². The largest absolute Gasteiger partial charge is 0.323 e. The average Bonchev–Trinajstić information content (AvgIpc) is 3.16. The second kappa shape index (κ2) is 6.53. The van der Waals surface area contributed by atoms with Crippen molar-refractivity contribution in [2.45, 2.75) is 38.4 Å². The Hall–Kier alpha value is -1.61. The number of benzene rings is 3. The molecule has 2 unspecified atom stereocenters. The number of halogens is 1. The monoisotopic (exact) mass is 366 g/mol. The Morgan fingerprint density at radius 3 is 2.15 bits per heavy atom. The van der Waals surface area contributed by atoms with Gasteiger partial charge in [-0.15, -0.1) is 0 Å². The van der Waals surface area contributed by atoms with Gasteiger partial charge < -0.3 is 9.80 Å². The molecule has 2 aliphatic rings. The molecule has 2 nitrogen and oxygen atoms in total. The molecule has 2 heterocycles. The van der Waals surface area contributed by atoms with Gasteiger partial charge in [0.2, 0.25) is 0 Å². The predicted octanol–water partition coefficient (Wildman–Crippen LogP) is 2.48. The van der Waals surface area contributed by atoms with Crippen molar-refractivity contribution in [3.05, 3.63) is 59.1 Å². The van der Waals surface area contributed by atoms with E-state index in [1.165, 1.54) is 59.6 Å². The molecular weight excluding hydrogens is 340 g/mol. The standard InChI is InChI=1S/C23H25ClN2/c1-16-22-11-6-12-25(22)13-14-26(16)15-21-17-7-2-4-9-19(17)23(24)20-10-5-3-8-18(20)21/h2-5,7-10,16,22H,6,11-15H2,1H3/p+2/t16-,22+/m1/s1. The molecule has 0 saturated carbocycles. The third-order valence-electron chi connectivity index (χ3n) is 6.93. The van der Waals surface area contributed by atoms with Gasteiger partial charge in [-0.2, -0.15) is 0 Å². The van der Waals surface area contributed by atoms with E-state index in [1.807, 2.05) is 4.90 Å². The molecule has 0 bridgehead atoms. The summed E-state index contributed by atoms with van der Waals surface area (Å²) in [5.74, 6) is 0. The molecule has 26 heavy (non-hydrogen) atoms. The maximum atomic E-state index is 6.78.